The average molecular weight is 280 g/mol. The molecule has 0 fully saturated rings. The predicted octanol–water partition coefficient (Wildman–Crippen LogP) is 3.41. The van der Waals surface area contributed by atoms with Gasteiger partial charge >= 0.3 is 0 Å². The number of benzene rings is 2. The molecule has 3 nitrogen and oxygen atoms in total. The Labute approximate surface area is 119 Å². The van der Waals surface area contributed by atoms with Crippen molar-refractivity contribution in [2.75, 3.05) is 0 Å². The second kappa shape index (κ2) is 7.02. The Kier molecular flexibility index (Phi) is 5.67. The summed E-state index contributed by atoms with van der Waals surface area (Å²) < 4.78 is 5.61. The number of hydrogen-bond donors (Lipinski definition) is 2. The zero-order chi connectivity index (χ0) is 13.0. The van der Waals surface area contributed by atoms with Crippen LogP contribution in [0, 0.1) is 0 Å². The van der Waals surface area contributed by atoms with Crippen LogP contribution in [-0.4, -0.2) is 5.11 Å². The van der Waals surface area contributed by atoms with E-state index >= 15 is 0 Å². The number of nitrogens with two attached hydrogens (primary N) is 1. The van der Waals surface area contributed by atoms with Crippen molar-refractivity contribution < 1.29 is 9.84 Å². The van der Waals surface area contributed by atoms with E-state index in [9.17, 15) is 5.11 Å². The maximum absolute atomic E-state index is 9.80. The summed E-state index contributed by atoms with van der Waals surface area (Å²) in [6.07, 6.45) is 0. The lowest BCUT2D eigenvalue weighted by Crippen LogP contribution is -2.05. The molecular weight excluding hydrogens is 262 g/mol. The Hall–Kier alpha value is -1.71. The van der Waals surface area contributed by atoms with E-state index < -0.39 is 0 Å². The molecule has 0 saturated carbocycles. The van der Waals surface area contributed by atoms with E-state index in [0.29, 0.717) is 12.4 Å². The molecule has 0 radical (unpaired) electrons. The molecule has 0 amide bonds. The first kappa shape index (κ1) is 15.3. The molecule has 2 aromatic rings. The molecule has 3 N–H and O–H groups in total. The average Bonchev–Trinajstić information content (AvgIpc) is 2.37. The predicted molar refractivity (Wildman–Crippen MR) is 78.7 cm³/mol. The third-order valence-corrected chi connectivity index (χ3v) is 2.74. The fourth-order valence-electron chi connectivity index (χ4n) is 1.74. The Morgan fingerprint density at radius 2 is 1.84 bits per heavy atom. The largest absolute Gasteiger partial charge is 0.507 e. The smallest absolute Gasteiger partial charge is 0.124 e. The summed E-state index contributed by atoms with van der Waals surface area (Å²) in [6, 6.07) is 14.9. The fourth-order valence-corrected chi connectivity index (χ4v) is 1.74. The van der Waals surface area contributed by atoms with Gasteiger partial charge in [0.15, 0.2) is 0 Å². The number of hydrogen-bond acceptors (Lipinski definition) is 3. The maximum atomic E-state index is 9.80. The Balaban J connectivity index is 0.00000180. The lowest BCUT2D eigenvalue weighted by Gasteiger charge is -2.11. The van der Waals surface area contributed by atoms with Gasteiger partial charge in [0, 0.05) is 17.7 Å². The number of ether oxygens (including phenoxy) is 1. The molecule has 0 spiro atoms. The molecule has 102 valence electrons. The van der Waals surface area contributed by atoms with Crippen molar-refractivity contribution in [1.29, 1.82) is 0 Å². The zero-order valence-corrected chi connectivity index (χ0v) is 11.6. The molecule has 0 aliphatic rings. The fraction of sp³-hybridized carbons (Fsp3) is 0.200. The first-order valence-corrected chi connectivity index (χ1v) is 5.92. The highest BCUT2D eigenvalue weighted by Crippen LogP contribution is 2.27. The van der Waals surface area contributed by atoms with Crippen LogP contribution in [0.25, 0.3) is 0 Å². The summed E-state index contributed by atoms with van der Waals surface area (Å²) in [5, 5.41) is 9.80. The van der Waals surface area contributed by atoms with E-state index in [2.05, 4.69) is 0 Å². The van der Waals surface area contributed by atoms with Crippen LogP contribution in [0.4, 0.5) is 0 Å². The highest BCUT2D eigenvalue weighted by atomic mass is 35.5. The number of halogens is 1. The number of rotatable bonds is 4. The van der Waals surface area contributed by atoms with Crippen molar-refractivity contribution in [2.24, 2.45) is 5.73 Å². The minimum absolute atomic E-state index is 0. The number of aromatic hydroxyl groups is 1. The maximum Gasteiger partial charge on any atom is 0.124 e. The molecule has 0 aliphatic carbocycles. The summed E-state index contributed by atoms with van der Waals surface area (Å²) in [6.45, 7) is 2.32. The molecule has 0 aromatic heterocycles. The quantitative estimate of drug-likeness (QED) is 0.902. The molecule has 1 atom stereocenters. The van der Waals surface area contributed by atoms with Crippen LogP contribution in [0.2, 0.25) is 0 Å². The first-order valence-electron chi connectivity index (χ1n) is 5.92. The van der Waals surface area contributed by atoms with Crippen LogP contribution in [0.3, 0.4) is 0 Å². The van der Waals surface area contributed by atoms with Crippen molar-refractivity contribution in [1.82, 2.24) is 0 Å². The molecule has 19 heavy (non-hydrogen) atoms. The third-order valence-electron chi connectivity index (χ3n) is 2.74. The van der Waals surface area contributed by atoms with Crippen molar-refractivity contribution in [3.05, 3.63) is 59.7 Å². The van der Waals surface area contributed by atoms with E-state index in [0.717, 1.165) is 11.1 Å². The number of phenolic OH excluding ortho intramolecular Hbond substituents is 1. The van der Waals surface area contributed by atoms with Crippen LogP contribution in [-0.2, 0) is 6.61 Å². The van der Waals surface area contributed by atoms with Gasteiger partial charge in [0.25, 0.3) is 0 Å². The van der Waals surface area contributed by atoms with Gasteiger partial charge in [-0.05, 0) is 18.6 Å². The molecule has 0 aliphatic heterocycles. The van der Waals surface area contributed by atoms with E-state index in [4.69, 9.17) is 10.5 Å². The van der Waals surface area contributed by atoms with Crippen LogP contribution < -0.4 is 10.5 Å². The van der Waals surface area contributed by atoms with Gasteiger partial charge in [-0.25, -0.2) is 0 Å². The van der Waals surface area contributed by atoms with Gasteiger partial charge in [-0.2, -0.15) is 0 Å². The van der Waals surface area contributed by atoms with Gasteiger partial charge in [-0.15, -0.1) is 12.4 Å². The molecule has 0 unspecified atom stereocenters. The molecule has 2 aromatic carbocycles. The topological polar surface area (TPSA) is 55.5 Å². The van der Waals surface area contributed by atoms with Crippen molar-refractivity contribution in [3.8, 4) is 11.5 Å². The highest BCUT2D eigenvalue weighted by molar-refractivity contribution is 5.85. The van der Waals surface area contributed by atoms with Crippen LogP contribution in [0.15, 0.2) is 48.5 Å². The van der Waals surface area contributed by atoms with E-state index in [1.807, 2.05) is 43.3 Å². The zero-order valence-electron chi connectivity index (χ0n) is 10.7. The van der Waals surface area contributed by atoms with Crippen molar-refractivity contribution in [3.63, 3.8) is 0 Å². The third kappa shape index (κ3) is 4.16. The highest BCUT2D eigenvalue weighted by Gasteiger charge is 2.07. The first-order chi connectivity index (χ1) is 8.66. The Morgan fingerprint density at radius 1 is 1.16 bits per heavy atom. The Bertz CT molecular complexity index is 515. The summed E-state index contributed by atoms with van der Waals surface area (Å²) in [5.41, 5.74) is 7.54. The molecule has 0 saturated heterocycles. The van der Waals surface area contributed by atoms with Gasteiger partial charge in [0.1, 0.15) is 18.1 Å². The Morgan fingerprint density at radius 3 is 2.42 bits per heavy atom. The van der Waals surface area contributed by atoms with E-state index in [-0.39, 0.29) is 24.2 Å². The van der Waals surface area contributed by atoms with E-state index in [1.165, 1.54) is 0 Å². The normalized spacial score (nSPS) is 11.5. The lowest BCUT2D eigenvalue weighted by molar-refractivity contribution is 0.304. The van der Waals surface area contributed by atoms with E-state index in [1.54, 1.807) is 12.1 Å². The van der Waals surface area contributed by atoms with Gasteiger partial charge in [-0.3, -0.25) is 0 Å². The van der Waals surface area contributed by atoms with Crippen LogP contribution >= 0.6 is 12.4 Å². The lowest BCUT2D eigenvalue weighted by atomic mass is 10.1. The minimum atomic E-state index is -0.187. The molecular formula is C15H18ClNO2. The standard InChI is InChI=1S/C15H17NO2.ClH/c1-11(16)14-8-7-13(9-15(14)17)18-10-12-5-3-2-4-6-12;/h2-9,11,17H,10,16H2,1H3;1H/t11-;/m1./s1. The molecule has 2 rings (SSSR count). The summed E-state index contributed by atoms with van der Waals surface area (Å²) in [4.78, 5) is 0. The molecule has 4 heteroatoms. The van der Waals surface area contributed by atoms with Gasteiger partial charge in [0.2, 0.25) is 0 Å². The second-order valence-electron chi connectivity index (χ2n) is 4.28. The van der Waals surface area contributed by atoms with Gasteiger partial charge in [0.05, 0.1) is 0 Å². The summed E-state index contributed by atoms with van der Waals surface area (Å²) in [5.74, 6) is 0.816. The van der Waals surface area contributed by atoms with Crippen molar-refractivity contribution >= 4 is 12.4 Å². The van der Waals surface area contributed by atoms with Gasteiger partial charge < -0.3 is 15.6 Å². The summed E-state index contributed by atoms with van der Waals surface area (Å²) >= 11 is 0. The van der Waals surface area contributed by atoms with Crippen LogP contribution in [0.5, 0.6) is 11.5 Å². The second-order valence-corrected chi connectivity index (χ2v) is 4.28. The number of phenols is 1. The minimum Gasteiger partial charge on any atom is -0.507 e. The van der Waals surface area contributed by atoms with Crippen molar-refractivity contribution in [2.45, 2.75) is 19.6 Å². The SMILES string of the molecule is C[C@@H](N)c1ccc(OCc2ccccc2)cc1O.Cl. The van der Waals surface area contributed by atoms with Gasteiger partial charge in [-0.1, -0.05) is 36.4 Å². The summed E-state index contributed by atoms with van der Waals surface area (Å²) in [7, 11) is 0. The molecule has 0 bridgehead atoms. The molecule has 0 heterocycles. The monoisotopic (exact) mass is 279 g/mol. The van der Waals surface area contributed by atoms with Crippen LogP contribution in [0.1, 0.15) is 24.1 Å².